The number of nitro groups is 1. The molecular formula is C22H22N4O4S. The first kappa shape index (κ1) is 22.0. The highest BCUT2D eigenvalue weighted by atomic mass is 32.1. The number of fused-ring (bicyclic) bond motifs is 1. The second kappa shape index (κ2) is 9.40. The van der Waals surface area contributed by atoms with Gasteiger partial charge in [-0.1, -0.05) is 36.4 Å². The molecule has 3 N–H and O–H groups in total. The maximum Gasteiger partial charge on any atom is 0.311 e. The number of nitrogens with one attached hydrogen (secondary N) is 2. The van der Waals surface area contributed by atoms with Gasteiger partial charge in [0.15, 0.2) is 5.11 Å². The number of hydrazone groups is 1. The third-order valence-electron chi connectivity index (χ3n) is 4.39. The lowest BCUT2D eigenvalue weighted by Gasteiger charge is -2.13. The summed E-state index contributed by atoms with van der Waals surface area (Å²) in [6.45, 7) is 5.10. The lowest BCUT2D eigenvalue weighted by Crippen LogP contribution is -2.25. The molecule has 0 amide bonds. The first-order valence-corrected chi connectivity index (χ1v) is 9.94. The van der Waals surface area contributed by atoms with Crippen LogP contribution in [0.4, 0.5) is 11.4 Å². The van der Waals surface area contributed by atoms with Gasteiger partial charge in [0.2, 0.25) is 5.75 Å². The van der Waals surface area contributed by atoms with E-state index in [1.807, 2.05) is 42.5 Å². The molecule has 0 radical (unpaired) electrons. The topological polar surface area (TPSA) is 109 Å². The van der Waals surface area contributed by atoms with Gasteiger partial charge in [0.25, 0.3) is 0 Å². The van der Waals surface area contributed by atoms with Crippen molar-refractivity contribution >= 4 is 45.2 Å². The van der Waals surface area contributed by atoms with Crippen LogP contribution >= 0.6 is 12.2 Å². The summed E-state index contributed by atoms with van der Waals surface area (Å²) in [5, 5.41) is 31.3. The fourth-order valence-corrected chi connectivity index (χ4v) is 3.17. The molecule has 0 saturated heterocycles. The predicted molar refractivity (Wildman–Crippen MR) is 126 cm³/mol. The Balaban J connectivity index is 1.80. The van der Waals surface area contributed by atoms with Crippen LogP contribution in [0.3, 0.4) is 0 Å². The Hall–Kier alpha value is -3.72. The van der Waals surface area contributed by atoms with E-state index in [0.717, 1.165) is 16.5 Å². The fourth-order valence-electron chi connectivity index (χ4n) is 3.02. The van der Waals surface area contributed by atoms with Gasteiger partial charge in [-0.05, 0) is 44.4 Å². The summed E-state index contributed by atoms with van der Waals surface area (Å²) in [5.74, 6) is -0.188. The van der Waals surface area contributed by atoms with Gasteiger partial charge in [0.05, 0.1) is 16.7 Å². The third-order valence-corrected chi connectivity index (χ3v) is 4.58. The molecule has 0 aliphatic carbocycles. The number of nitro benzene ring substituents is 1. The molecule has 0 aliphatic rings. The van der Waals surface area contributed by atoms with E-state index in [-0.39, 0.29) is 34.0 Å². The van der Waals surface area contributed by atoms with E-state index < -0.39 is 4.92 Å². The number of thiocarbonyl (C=S) groups is 1. The molecule has 3 rings (SSSR count). The van der Waals surface area contributed by atoms with Gasteiger partial charge >= 0.3 is 5.69 Å². The molecular weight excluding hydrogens is 416 g/mol. The van der Waals surface area contributed by atoms with Gasteiger partial charge in [-0.3, -0.25) is 15.5 Å². The van der Waals surface area contributed by atoms with Gasteiger partial charge in [-0.15, -0.1) is 0 Å². The number of ether oxygens (including phenoxy) is 1. The third kappa shape index (κ3) is 5.26. The van der Waals surface area contributed by atoms with Crippen LogP contribution in [0.1, 0.15) is 26.3 Å². The Kier molecular flexibility index (Phi) is 6.66. The molecule has 160 valence electrons. The largest absolute Gasteiger partial charge is 0.507 e. The molecule has 0 unspecified atom stereocenters. The van der Waals surface area contributed by atoms with E-state index in [4.69, 9.17) is 17.0 Å². The second-order valence-corrected chi connectivity index (χ2v) is 7.46. The normalized spacial score (nSPS) is 11.4. The van der Waals surface area contributed by atoms with Crippen molar-refractivity contribution in [1.29, 1.82) is 0 Å². The van der Waals surface area contributed by atoms with Crippen LogP contribution in [0.2, 0.25) is 0 Å². The summed E-state index contributed by atoms with van der Waals surface area (Å²) in [7, 11) is 0. The minimum Gasteiger partial charge on any atom is -0.507 e. The van der Waals surface area contributed by atoms with Crippen molar-refractivity contribution in [2.24, 2.45) is 5.10 Å². The Morgan fingerprint density at radius 1 is 1.19 bits per heavy atom. The van der Waals surface area contributed by atoms with E-state index in [0.29, 0.717) is 5.71 Å². The van der Waals surface area contributed by atoms with E-state index in [2.05, 4.69) is 15.8 Å². The molecule has 0 aromatic heterocycles. The summed E-state index contributed by atoms with van der Waals surface area (Å²) in [6, 6.07) is 16.1. The molecule has 3 aromatic rings. The number of anilines is 1. The highest BCUT2D eigenvalue weighted by molar-refractivity contribution is 7.80. The van der Waals surface area contributed by atoms with E-state index in [9.17, 15) is 15.2 Å². The molecule has 8 nitrogen and oxygen atoms in total. The minimum absolute atomic E-state index is 0.00449. The molecule has 3 aromatic carbocycles. The number of hydrogen-bond acceptors (Lipinski definition) is 6. The van der Waals surface area contributed by atoms with Gasteiger partial charge in [-0.2, -0.15) is 5.10 Å². The summed E-state index contributed by atoms with van der Waals surface area (Å²) in [5.41, 5.74) is 3.79. The Morgan fingerprint density at radius 3 is 2.61 bits per heavy atom. The highest BCUT2D eigenvalue weighted by Crippen LogP contribution is 2.35. The predicted octanol–water partition coefficient (Wildman–Crippen LogP) is 4.95. The monoisotopic (exact) mass is 438 g/mol. The van der Waals surface area contributed by atoms with Crippen molar-refractivity contribution in [1.82, 2.24) is 5.43 Å². The van der Waals surface area contributed by atoms with Crippen LogP contribution in [0.5, 0.6) is 11.5 Å². The molecule has 0 fully saturated rings. The summed E-state index contributed by atoms with van der Waals surface area (Å²) in [4.78, 5) is 10.9. The van der Waals surface area contributed by atoms with Crippen LogP contribution in [0.15, 0.2) is 59.7 Å². The summed E-state index contributed by atoms with van der Waals surface area (Å²) in [6.07, 6.45) is -0.280. The number of nitrogens with zero attached hydrogens (tertiary/aromatic N) is 2. The molecule has 0 heterocycles. The van der Waals surface area contributed by atoms with Crippen molar-refractivity contribution in [3.05, 3.63) is 70.3 Å². The fraction of sp³-hybridized carbons (Fsp3) is 0.182. The van der Waals surface area contributed by atoms with Gasteiger partial charge < -0.3 is 15.2 Å². The number of benzene rings is 3. The van der Waals surface area contributed by atoms with E-state index in [1.165, 1.54) is 12.1 Å². The lowest BCUT2D eigenvalue weighted by atomic mass is 10.1. The Labute approximate surface area is 184 Å². The second-order valence-electron chi connectivity index (χ2n) is 7.05. The molecule has 0 saturated carbocycles. The Bertz CT molecular complexity index is 1170. The van der Waals surface area contributed by atoms with Crippen molar-refractivity contribution < 1.29 is 14.8 Å². The van der Waals surface area contributed by atoms with Crippen LogP contribution < -0.4 is 15.5 Å². The Morgan fingerprint density at radius 2 is 1.90 bits per heavy atom. The maximum atomic E-state index is 11.4. The molecule has 9 heteroatoms. The number of aromatic hydroxyl groups is 1. The SMILES string of the molecule is C/C(=N\NC(=S)Nc1cccc2ccccc12)c1cc([N+](=O)[O-])c(OC(C)C)cc1O. The molecule has 31 heavy (non-hydrogen) atoms. The lowest BCUT2D eigenvalue weighted by molar-refractivity contribution is -0.386. The van der Waals surface area contributed by atoms with Crippen molar-refractivity contribution in [2.75, 3.05) is 5.32 Å². The van der Waals surface area contributed by atoms with Crippen LogP contribution in [-0.4, -0.2) is 27.0 Å². The van der Waals surface area contributed by atoms with Crippen LogP contribution in [0.25, 0.3) is 10.8 Å². The zero-order valence-electron chi connectivity index (χ0n) is 17.2. The van der Waals surface area contributed by atoms with Crippen molar-refractivity contribution in [3.8, 4) is 11.5 Å². The average Bonchev–Trinajstić information content (AvgIpc) is 2.71. The van der Waals surface area contributed by atoms with Crippen LogP contribution in [0, 0.1) is 10.1 Å². The molecule has 0 atom stereocenters. The quantitative estimate of drug-likeness (QED) is 0.216. The smallest absolute Gasteiger partial charge is 0.311 e. The van der Waals surface area contributed by atoms with E-state index in [1.54, 1.807) is 20.8 Å². The number of phenols is 1. The average molecular weight is 439 g/mol. The summed E-state index contributed by atoms with van der Waals surface area (Å²) >= 11 is 5.32. The van der Waals surface area contributed by atoms with Crippen molar-refractivity contribution in [3.63, 3.8) is 0 Å². The maximum absolute atomic E-state index is 11.4. The van der Waals surface area contributed by atoms with Gasteiger partial charge in [0.1, 0.15) is 5.75 Å². The standard InChI is InChI=1S/C22H22N4O4S/c1-13(2)30-21-12-20(27)17(11-19(21)26(28)29)14(3)24-25-22(31)23-18-10-6-8-15-7-4-5-9-16(15)18/h4-13,27H,1-3H3,(H2,23,25,31)/b24-14+. The number of phenolic OH excluding ortho intramolecular Hbond substituents is 1. The minimum atomic E-state index is -0.561. The first-order chi connectivity index (χ1) is 14.8. The van der Waals surface area contributed by atoms with Crippen LogP contribution in [-0.2, 0) is 0 Å². The first-order valence-electron chi connectivity index (χ1n) is 9.53. The zero-order chi connectivity index (χ0) is 22.5. The van der Waals surface area contributed by atoms with Gasteiger partial charge in [0, 0.05) is 28.8 Å². The zero-order valence-corrected chi connectivity index (χ0v) is 18.1. The molecule has 0 bridgehead atoms. The molecule has 0 spiro atoms. The van der Waals surface area contributed by atoms with Gasteiger partial charge in [-0.25, -0.2) is 0 Å². The number of rotatable bonds is 6. The number of hydrogen-bond donors (Lipinski definition) is 3. The summed E-state index contributed by atoms with van der Waals surface area (Å²) < 4.78 is 5.43. The van der Waals surface area contributed by atoms with Crippen molar-refractivity contribution in [2.45, 2.75) is 26.9 Å². The highest BCUT2D eigenvalue weighted by Gasteiger charge is 2.21. The molecule has 0 aliphatic heterocycles. The van der Waals surface area contributed by atoms with E-state index >= 15 is 0 Å².